The van der Waals surface area contributed by atoms with Gasteiger partial charge < -0.3 is 15.4 Å². The Hall–Kier alpha value is -0.410. The molecule has 1 aliphatic rings. The topological polar surface area (TPSA) is 45.7 Å². The molecule has 1 fully saturated rings. The molecule has 130 valence electrons. The normalized spacial score (nSPS) is 21.0. The molecule has 1 heterocycles. The van der Waals surface area contributed by atoms with Crippen LogP contribution in [0, 0.1) is 5.82 Å². The third-order valence-corrected chi connectivity index (χ3v) is 4.45. The van der Waals surface area contributed by atoms with Gasteiger partial charge in [-0.3, -0.25) is 4.99 Å². The lowest BCUT2D eigenvalue weighted by Crippen LogP contribution is -2.45. The van der Waals surface area contributed by atoms with Crippen molar-refractivity contribution in [3.05, 3.63) is 34.1 Å². The Morgan fingerprint density at radius 2 is 2.22 bits per heavy atom. The third kappa shape index (κ3) is 6.54. The van der Waals surface area contributed by atoms with Crippen LogP contribution in [0.4, 0.5) is 4.39 Å². The van der Waals surface area contributed by atoms with Gasteiger partial charge >= 0.3 is 0 Å². The standard InChI is InChI=1S/C16H23BrFN3O.HI/c1-16(7-3-9-22-16)11-21-15(19-2)20-8-6-12-4-5-14(18)13(17)10-12;/h4-5,10H,3,6-9,11H2,1-2H3,(H2,19,20,21);1H. The lowest BCUT2D eigenvalue weighted by Gasteiger charge is -2.24. The van der Waals surface area contributed by atoms with Crippen molar-refractivity contribution in [3.8, 4) is 0 Å². The molecule has 0 bridgehead atoms. The number of hydrogen-bond donors (Lipinski definition) is 2. The predicted octanol–water partition coefficient (Wildman–Crippen LogP) is 3.48. The average molecular weight is 500 g/mol. The molecule has 0 radical (unpaired) electrons. The van der Waals surface area contributed by atoms with E-state index in [9.17, 15) is 4.39 Å². The minimum absolute atomic E-state index is 0. The summed E-state index contributed by atoms with van der Waals surface area (Å²) in [5, 5.41) is 6.57. The Bertz CT molecular complexity index is 536. The average Bonchev–Trinajstić information content (AvgIpc) is 2.93. The van der Waals surface area contributed by atoms with E-state index in [1.807, 2.05) is 0 Å². The molecule has 0 aromatic heterocycles. The zero-order chi connectivity index (χ0) is 16.0. The van der Waals surface area contributed by atoms with Gasteiger partial charge in [0.05, 0.1) is 10.1 Å². The predicted molar refractivity (Wildman–Crippen MR) is 106 cm³/mol. The second-order valence-corrected chi connectivity index (χ2v) is 6.61. The molecule has 0 amide bonds. The Kier molecular flexibility index (Phi) is 8.78. The van der Waals surface area contributed by atoms with Crippen LogP contribution >= 0.6 is 39.9 Å². The fraction of sp³-hybridized carbons (Fsp3) is 0.562. The molecule has 0 spiro atoms. The van der Waals surface area contributed by atoms with Crippen LogP contribution in [0.15, 0.2) is 27.7 Å². The summed E-state index contributed by atoms with van der Waals surface area (Å²) in [6.07, 6.45) is 2.98. The highest BCUT2D eigenvalue weighted by Gasteiger charge is 2.29. The summed E-state index contributed by atoms with van der Waals surface area (Å²) in [4.78, 5) is 4.21. The van der Waals surface area contributed by atoms with Crippen molar-refractivity contribution in [2.45, 2.75) is 31.8 Å². The molecule has 1 aromatic rings. The van der Waals surface area contributed by atoms with E-state index in [4.69, 9.17) is 4.74 Å². The molecule has 1 atom stereocenters. The number of nitrogens with one attached hydrogen (secondary N) is 2. The smallest absolute Gasteiger partial charge is 0.191 e. The fourth-order valence-electron chi connectivity index (χ4n) is 2.49. The van der Waals surface area contributed by atoms with E-state index in [1.165, 1.54) is 6.07 Å². The van der Waals surface area contributed by atoms with Crippen LogP contribution in [0.25, 0.3) is 0 Å². The highest BCUT2D eigenvalue weighted by Crippen LogP contribution is 2.23. The van der Waals surface area contributed by atoms with Gasteiger partial charge in [-0.25, -0.2) is 4.39 Å². The first-order valence-corrected chi connectivity index (χ1v) is 8.34. The maximum absolute atomic E-state index is 13.2. The van der Waals surface area contributed by atoms with Gasteiger partial charge in [0.25, 0.3) is 0 Å². The molecule has 2 rings (SSSR count). The molecule has 1 aromatic carbocycles. The largest absolute Gasteiger partial charge is 0.373 e. The van der Waals surface area contributed by atoms with Crippen molar-refractivity contribution < 1.29 is 9.13 Å². The summed E-state index contributed by atoms with van der Waals surface area (Å²) in [5.41, 5.74) is 0.974. The lowest BCUT2D eigenvalue weighted by atomic mass is 10.0. The second-order valence-electron chi connectivity index (χ2n) is 5.75. The van der Waals surface area contributed by atoms with Crippen LogP contribution in [0.5, 0.6) is 0 Å². The highest BCUT2D eigenvalue weighted by molar-refractivity contribution is 14.0. The molecule has 1 unspecified atom stereocenters. The summed E-state index contributed by atoms with van der Waals surface area (Å²) in [5.74, 6) is 0.525. The Morgan fingerprint density at radius 3 is 2.83 bits per heavy atom. The SMILES string of the molecule is CN=C(NCCc1ccc(F)c(Br)c1)NCC1(C)CCCO1.I. The zero-order valence-electron chi connectivity index (χ0n) is 13.5. The van der Waals surface area contributed by atoms with Crippen LogP contribution in [0.2, 0.25) is 0 Å². The molecule has 2 N–H and O–H groups in total. The highest BCUT2D eigenvalue weighted by atomic mass is 127. The number of ether oxygens (including phenoxy) is 1. The summed E-state index contributed by atoms with van der Waals surface area (Å²) >= 11 is 3.20. The molecule has 7 heteroatoms. The second kappa shape index (κ2) is 9.78. The number of hydrogen-bond acceptors (Lipinski definition) is 2. The monoisotopic (exact) mass is 499 g/mol. The minimum Gasteiger partial charge on any atom is -0.373 e. The quantitative estimate of drug-likeness (QED) is 0.370. The first kappa shape index (κ1) is 20.6. The lowest BCUT2D eigenvalue weighted by molar-refractivity contribution is 0.0243. The van der Waals surface area contributed by atoms with Gasteiger partial charge in [0, 0.05) is 26.7 Å². The molecular weight excluding hydrogens is 476 g/mol. The van der Waals surface area contributed by atoms with Crippen molar-refractivity contribution in [3.63, 3.8) is 0 Å². The molecule has 4 nitrogen and oxygen atoms in total. The van der Waals surface area contributed by atoms with E-state index in [-0.39, 0.29) is 35.4 Å². The van der Waals surface area contributed by atoms with Crippen LogP contribution in [-0.4, -0.2) is 38.3 Å². The number of nitrogens with zero attached hydrogens (tertiary/aromatic N) is 1. The molecular formula is C16H24BrFIN3O. The number of aliphatic imine (C=N–C) groups is 1. The van der Waals surface area contributed by atoms with E-state index < -0.39 is 0 Å². The van der Waals surface area contributed by atoms with E-state index in [0.29, 0.717) is 4.47 Å². The molecule has 1 saturated heterocycles. The number of halogens is 3. The van der Waals surface area contributed by atoms with Gasteiger partial charge in [-0.2, -0.15) is 0 Å². The van der Waals surface area contributed by atoms with E-state index in [0.717, 1.165) is 50.5 Å². The Labute approximate surface area is 162 Å². The van der Waals surface area contributed by atoms with E-state index in [2.05, 4.69) is 38.5 Å². The Balaban J connectivity index is 0.00000264. The van der Waals surface area contributed by atoms with Gasteiger partial charge in [0.15, 0.2) is 5.96 Å². The first-order valence-electron chi connectivity index (χ1n) is 7.55. The molecule has 1 aliphatic heterocycles. The van der Waals surface area contributed by atoms with Crippen molar-refractivity contribution in [2.24, 2.45) is 4.99 Å². The zero-order valence-corrected chi connectivity index (χ0v) is 17.4. The maximum Gasteiger partial charge on any atom is 0.191 e. The van der Waals surface area contributed by atoms with Gasteiger partial charge in [0.1, 0.15) is 5.82 Å². The minimum atomic E-state index is -0.237. The van der Waals surface area contributed by atoms with Gasteiger partial charge in [-0.1, -0.05) is 6.07 Å². The summed E-state index contributed by atoms with van der Waals surface area (Å²) in [6.45, 7) is 4.43. The maximum atomic E-state index is 13.2. The number of benzene rings is 1. The van der Waals surface area contributed by atoms with Gasteiger partial charge in [-0.15, -0.1) is 24.0 Å². The van der Waals surface area contributed by atoms with Crippen LogP contribution in [0.1, 0.15) is 25.3 Å². The van der Waals surface area contributed by atoms with Crippen molar-refractivity contribution in [2.75, 3.05) is 26.7 Å². The number of guanidine groups is 1. The van der Waals surface area contributed by atoms with Gasteiger partial charge in [-0.05, 0) is 59.8 Å². The van der Waals surface area contributed by atoms with E-state index >= 15 is 0 Å². The Morgan fingerprint density at radius 1 is 1.43 bits per heavy atom. The summed E-state index contributed by atoms with van der Waals surface area (Å²) in [7, 11) is 1.75. The van der Waals surface area contributed by atoms with Crippen LogP contribution in [0.3, 0.4) is 0 Å². The van der Waals surface area contributed by atoms with Crippen molar-refractivity contribution >= 4 is 45.9 Å². The van der Waals surface area contributed by atoms with Crippen LogP contribution < -0.4 is 10.6 Å². The third-order valence-electron chi connectivity index (χ3n) is 3.84. The summed E-state index contributed by atoms with van der Waals surface area (Å²) < 4.78 is 19.4. The van der Waals surface area contributed by atoms with Crippen molar-refractivity contribution in [1.82, 2.24) is 10.6 Å². The fourth-order valence-corrected chi connectivity index (χ4v) is 2.91. The molecule has 0 aliphatic carbocycles. The van der Waals surface area contributed by atoms with Crippen molar-refractivity contribution in [1.29, 1.82) is 0 Å². The first-order chi connectivity index (χ1) is 10.5. The van der Waals surface area contributed by atoms with Crippen LogP contribution in [-0.2, 0) is 11.2 Å². The molecule has 23 heavy (non-hydrogen) atoms. The summed E-state index contributed by atoms with van der Waals surface area (Å²) in [6, 6.07) is 5.08. The van der Waals surface area contributed by atoms with Gasteiger partial charge in [0.2, 0.25) is 0 Å². The molecule has 0 saturated carbocycles. The van der Waals surface area contributed by atoms with E-state index in [1.54, 1.807) is 19.2 Å². The number of rotatable bonds is 5.